The lowest BCUT2D eigenvalue weighted by atomic mass is 10.0. The van der Waals surface area contributed by atoms with Gasteiger partial charge in [0.2, 0.25) is 0 Å². The molecule has 0 aliphatic rings. The van der Waals surface area contributed by atoms with E-state index in [0.29, 0.717) is 22.2 Å². The van der Waals surface area contributed by atoms with Crippen molar-refractivity contribution in [1.82, 2.24) is 9.88 Å². The molecule has 40 heavy (non-hydrogen) atoms. The summed E-state index contributed by atoms with van der Waals surface area (Å²) in [5.74, 6) is -0.628. The molecule has 0 radical (unpaired) electrons. The van der Waals surface area contributed by atoms with E-state index in [0.717, 1.165) is 18.2 Å². The summed E-state index contributed by atoms with van der Waals surface area (Å²) in [5.41, 5.74) is 0.368. The van der Waals surface area contributed by atoms with Crippen molar-refractivity contribution in [3.05, 3.63) is 99.7 Å². The lowest BCUT2D eigenvalue weighted by molar-refractivity contribution is -0.138. The number of nitrogens with zero attached hydrogens (tertiary/aromatic N) is 1. The first-order chi connectivity index (χ1) is 20.1. The standard InChI is InChI=1S/C28H25ClF4N2O4S/c1-40(38,39)23-7-3-17(4-8-23)25(16-36)34-27(37)19-5-9-26-20(12-19)14-22(35(26)11-10-30)13-18-2-6-21(29)15-24(18)28(31,32)33/h2-9,12,14-15,25,36H,10-11,13,16H2,1H3,(H,34,37)/i1D3. The number of sulfone groups is 1. The molecule has 212 valence electrons. The molecule has 0 fully saturated rings. The van der Waals surface area contributed by atoms with Crippen LogP contribution in [-0.2, 0) is 29.0 Å². The Morgan fingerprint density at radius 1 is 1.10 bits per heavy atom. The second kappa shape index (κ2) is 11.6. The van der Waals surface area contributed by atoms with Gasteiger partial charge in [-0.25, -0.2) is 12.8 Å². The Bertz CT molecular complexity index is 1760. The number of hydrogen-bond acceptors (Lipinski definition) is 4. The van der Waals surface area contributed by atoms with E-state index < -0.39 is 57.9 Å². The number of aliphatic hydroxyl groups is 1. The lowest BCUT2D eigenvalue weighted by Crippen LogP contribution is -2.30. The van der Waals surface area contributed by atoms with Crippen LogP contribution in [-0.4, -0.2) is 43.5 Å². The second-order valence-electron chi connectivity index (χ2n) is 9.01. The van der Waals surface area contributed by atoms with Crippen LogP contribution < -0.4 is 5.32 Å². The van der Waals surface area contributed by atoms with Gasteiger partial charge >= 0.3 is 6.18 Å². The van der Waals surface area contributed by atoms with Gasteiger partial charge in [0.15, 0.2) is 9.84 Å². The number of amides is 1. The summed E-state index contributed by atoms with van der Waals surface area (Å²) < 4.78 is 102. The van der Waals surface area contributed by atoms with Crippen molar-refractivity contribution in [2.24, 2.45) is 0 Å². The van der Waals surface area contributed by atoms with Crippen LogP contribution in [0.2, 0.25) is 5.02 Å². The summed E-state index contributed by atoms with van der Waals surface area (Å²) >= 11 is 5.79. The Hall–Kier alpha value is -3.41. The average Bonchev–Trinajstić information content (AvgIpc) is 3.27. The fourth-order valence-corrected chi connectivity index (χ4v) is 5.15. The Kier molecular flexibility index (Phi) is 7.41. The van der Waals surface area contributed by atoms with Gasteiger partial charge in [-0.05, 0) is 59.7 Å². The third kappa shape index (κ3) is 6.48. The summed E-state index contributed by atoms with van der Waals surface area (Å²) in [5, 5.41) is 12.9. The minimum Gasteiger partial charge on any atom is -0.394 e. The van der Waals surface area contributed by atoms with Crippen LogP contribution in [0.15, 0.2) is 71.6 Å². The van der Waals surface area contributed by atoms with Crippen molar-refractivity contribution in [3.8, 4) is 0 Å². The molecule has 4 aromatic rings. The van der Waals surface area contributed by atoms with Crippen LogP contribution in [0.25, 0.3) is 10.9 Å². The van der Waals surface area contributed by atoms with E-state index in [-0.39, 0.29) is 29.1 Å². The van der Waals surface area contributed by atoms with Crippen LogP contribution in [0.1, 0.15) is 42.9 Å². The minimum absolute atomic E-state index is 0.0544. The highest BCUT2D eigenvalue weighted by Crippen LogP contribution is 2.35. The zero-order valence-corrected chi connectivity index (χ0v) is 22.2. The number of alkyl halides is 4. The maximum absolute atomic E-state index is 13.7. The molecule has 0 saturated carbocycles. The summed E-state index contributed by atoms with van der Waals surface area (Å²) in [6.45, 7) is -1.48. The first-order valence-corrected chi connectivity index (χ1v) is 13.7. The van der Waals surface area contributed by atoms with Gasteiger partial charge in [0, 0.05) is 43.9 Å². The molecule has 2 N–H and O–H groups in total. The third-order valence-corrected chi connectivity index (χ3v) is 7.51. The Balaban J connectivity index is 1.61. The van der Waals surface area contributed by atoms with Gasteiger partial charge in [-0.1, -0.05) is 29.8 Å². The van der Waals surface area contributed by atoms with Gasteiger partial charge in [0.25, 0.3) is 5.91 Å². The highest BCUT2D eigenvalue weighted by atomic mass is 35.5. The van der Waals surface area contributed by atoms with Gasteiger partial charge in [0.05, 0.1) is 29.7 Å². The maximum atomic E-state index is 13.7. The monoisotopic (exact) mass is 599 g/mol. The lowest BCUT2D eigenvalue weighted by Gasteiger charge is -2.17. The fourth-order valence-electron chi connectivity index (χ4n) is 4.48. The zero-order valence-electron chi connectivity index (χ0n) is 23.7. The number of aromatic nitrogens is 1. The summed E-state index contributed by atoms with van der Waals surface area (Å²) in [4.78, 5) is 12.6. The van der Waals surface area contributed by atoms with E-state index in [1.807, 2.05) is 0 Å². The van der Waals surface area contributed by atoms with Crippen molar-refractivity contribution in [3.63, 3.8) is 0 Å². The minimum atomic E-state index is -4.66. The quantitative estimate of drug-likeness (QED) is 0.240. The normalized spacial score (nSPS) is 14.4. The molecule has 4 rings (SSSR count). The van der Waals surface area contributed by atoms with Crippen molar-refractivity contribution in [2.45, 2.75) is 30.1 Å². The number of hydrogen-bond donors (Lipinski definition) is 2. The first-order valence-electron chi connectivity index (χ1n) is 13.4. The number of nitrogens with one attached hydrogen (secondary N) is 1. The topological polar surface area (TPSA) is 88.4 Å². The molecule has 1 aromatic heterocycles. The van der Waals surface area contributed by atoms with E-state index in [2.05, 4.69) is 5.32 Å². The maximum Gasteiger partial charge on any atom is 0.416 e. The summed E-state index contributed by atoms with van der Waals surface area (Å²) in [6.07, 6.45) is -8.09. The highest BCUT2D eigenvalue weighted by Gasteiger charge is 2.33. The van der Waals surface area contributed by atoms with E-state index >= 15 is 0 Å². The number of aliphatic hydroxyl groups excluding tert-OH is 1. The molecule has 0 saturated heterocycles. The third-order valence-electron chi connectivity index (χ3n) is 6.39. The molecule has 6 nitrogen and oxygen atoms in total. The summed E-state index contributed by atoms with van der Waals surface area (Å²) in [7, 11) is -4.59. The first kappa shape index (κ1) is 25.6. The molecule has 1 amide bonds. The molecule has 0 bridgehead atoms. The smallest absolute Gasteiger partial charge is 0.394 e. The van der Waals surface area contributed by atoms with Crippen molar-refractivity contribution in [1.29, 1.82) is 0 Å². The van der Waals surface area contributed by atoms with Crippen LogP contribution in [0.5, 0.6) is 0 Å². The van der Waals surface area contributed by atoms with Crippen molar-refractivity contribution in [2.75, 3.05) is 19.5 Å². The molecule has 3 aromatic carbocycles. The van der Waals surface area contributed by atoms with Gasteiger partial charge in [-0.2, -0.15) is 13.2 Å². The number of benzene rings is 3. The van der Waals surface area contributed by atoms with Gasteiger partial charge in [-0.15, -0.1) is 0 Å². The van der Waals surface area contributed by atoms with E-state index in [4.69, 9.17) is 15.7 Å². The zero-order chi connectivity index (χ0) is 31.7. The van der Waals surface area contributed by atoms with Gasteiger partial charge < -0.3 is 15.0 Å². The van der Waals surface area contributed by atoms with Crippen LogP contribution >= 0.6 is 11.6 Å². The number of halogens is 5. The number of fused-ring (bicyclic) bond motifs is 1. The molecule has 0 spiro atoms. The largest absolute Gasteiger partial charge is 0.416 e. The molecular weight excluding hydrogens is 572 g/mol. The molecule has 1 heterocycles. The number of aryl methyl sites for hydroxylation is 1. The van der Waals surface area contributed by atoms with Crippen molar-refractivity contribution < 1.29 is 40.0 Å². The molecule has 1 atom stereocenters. The molecule has 0 aliphatic heterocycles. The van der Waals surface area contributed by atoms with Crippen LogP contribution in [0, 0.1) is 0 Å². The second-order valence-corrected chi connectivity index (χ2v) is 10.9. The van der Waals surface area contributed by atoms with E-state index in [1.165, 1.54) is 41.0 Å². The van der Waals surface area contributed by atoms with Crippen molar-refractivity contribution >= 4 is 38.2 Å². The highest BCUT2D eigenvalue weighted by molar-refractivity contribution is 7.90. The van der Waals surface area contributed by atoms with Crippen LogP contribution in [0.3, 0.4) is 0 Å². The number of carbonyl (C=O) groups excluding carboxylic acids is 1. The molecule has 0 aliphatic carbocycles. The molecule has 12 heteroatoms. The predicted octanol–water partition coefficient (Wildman–Crippen LogP) is 5.74. The predicted molar refractivity (Wildman–Crippen MR) is 144 cm³/mol. The van der Waals surface area contributed by atoms with Gasteiger partial charge in [0.1, 0.15) is 6.67 Å². The SMILES string of the molecule is [2H]C([2H])([2H])S(=O)(=O)c1ccc(C(CO)NC(=O)c2ccc3c(c2)cc(Cc2ccc(Cl)cc2C(F)(F)F)n3CCF)cc1. The average molecular weight is 600 g/mol. The number of carbonyl (C=O) groups is 1. The van der Waals surface area contributed by atoms with Gasteiger partial charge in [-0.3, -0.25) is 4.79 Å². The number of rotatable bonds is 9. The Morgan fingerprint density at radius 2 is 1.82 bits per heavy atom. The summed E-state index contributed by atoms with van der Waals surface area (Å²) in [6, 6.07) is 13.2. The Morgan fingerprint density at radius 3 is 2.45 bits per heavy atom. The fraction of sp³-hybridized carbons (Fsp3) is 0.250. The molecular formula is C28H25ClF4N2O4S. The van der Waals surface area contributed by atoms with E-state index in [1.54, 1.807) is 12.1 Å². The Labute approximate surface area is 237 Å². The molecule has 1 unspecified atom stereocenters. The van der Waals surface area contributed by atoms with Crippen LogP contribution in [0.4, 0.5) is 17.6 Å². The van der Waals surface area contributed by atoms with E-state index in [9.17, 15) is 35.9 Å².